The number of benzene rings is 1. The maximum atomic E-state index is 12.8. The lowest BCUT2D eigenvalue weighted by molar-refractivity contribution is -0.157. The van der Waals surface area contributed by atoms with Crippen molar-refractivity contribution in [2.24, 2.45) is 11.3 Å². The van der Waals surface area contributed by atoms with E-state index in [9.17, 15) is 14.7 Å². The number of nitrogens with zero attached hydrogens (tertiary/aromatic N) is 1. The highest BCUT2D eigenvalue weighted by atomic mass is 79.9. The number of carbonyl (C=O) groups is 2. The molecule has 2 fully saturated rings. The van der Waals surface area contributed by atoms with E-state index < -0.39 is 11.4 Å². The molecule has 24 heavy (non-hydrogen) atoms. The van der Waals surface area contributed by atoms with Crippen molar-refractivity contribution >= 4 is 38.8 Å². The van der Waals surface area contributed by atoms with Gasteiger partial charge in [-0.1, -0.05) is 15.9 Å². The van der Waals surface area contributed by atoms with Crippen LogP contribution in [0, 0.1) is 11.3 Å². The molecule has 2 aromatic rings. The van der Waals surface area contributed by atoms with Crippen LogP contribution in [0.2, 0.25) is 0 Å². The van der Waals surface area contributed by atoms with E-state index >= 15 is 0 Å². The topological polar surface area (TPSA) is 80.0 Å². The molecular weight excluding hydrogens is 378 g/mol. The van der Waals surface area contributed by atoms with Gasteiger partial charge in [-0.05, 0) is 30.7 Å². The van der Waals surface area contributed by atoms with Gasteiger partial charge in [0.25, 0.3) is 5.91 Å². The van der Waals surface area contributed by atoms with Gasteiger partial charge < -0.3 is 19.2 Å². The molecule has 1 aromatic heterocycles. The average Bonchev–Trinajstić information content (AvgIpc) is 3.15. The zero-order valence-corrected chi connectivity index (χ0v) is 14.4. The summed E-state index contributed by atoms with van der Waals surface area (Å²) >= 11 is 3.39. The first-order valence-electron chi connectivity index (χ1n) is 7.79. The number of ether oxygens (including phenoxy) is 1. The van der Waals surface area contributed by atoms with E-state index in [1.807, 2.05) is 12.1 Å². The highest BCUT2D eigenvalue weighted by Gasteiger charge is 2.55. The van der Waals surface area contributed by atoms with Gasteiger partial charge in [0.2, 0.25) is 0 Å². The summed E-state index contributed by atoms with van der Waals surface area (Å²) in [5.41, 5.74) is -0.266. The number of likely N-dealkylation sites (tertiary alicyclic amines) is 1. The molecule has 2 aliphatic rings. The number of furan rings is 1. The molecule has 1 aromatic carbocycles. The second-order valence-corrected chi connectivity index (χ2v) is 7.38. The third kappa shape index (κ3) is 2.34. The predicted molar refractivity (Wildman–Crippen MR) is 88.8 cm³/mol. The highest BCUT2D eigenvalue weighted by Crippen LogP contribution is 2.43. The van der Waals surface area contributed by atoms with Crippen LogP contribution < -0.4 is 0 Å². The Morgan fingerprint density at radius 3 is 2.92 bits per heavy atom. The Hall–Kier alpha value is -1.86. The van der Waals surface area contributed by atoms with Crippen molar-refractivity contribution in [1.29, 1.82) is 0 Å². The predicted octanol–water partition coefficient (Wildman–Crippen LogP) is 2.76. The molecule has 0 aliphatic carbocycles. The van der Waals surface area contributed by atoms with Crippen molar-refractivity contribution in [3.63, 3.8) is 0 Å². The van der Waals surface area contributed by atoms with Crippen LogP contribution in [0.3, 0.4) is 0 Å². The van der Waals surface area contributed by atoms with Crippen LogP contribution in [-0.4, -0.2) is 48.2 Å². The molecule has 2 aliphatic heterocycles. The fourth-order valence-electron chi connectivity index (χ4n) is 3.73. The average molecular weight is 394 g/mol. The number of carbonyl (C=O) groups excluding carboxylic acids is 1. The third-order valence-electron chi connectivity index (χ3n) is 5.11. The maximum Gasteiger partial charge on any atom is 0.311 e. The van der Waals surface area contributed by atoms with E-state index in [2.05, 4.69) is 15.9 Å². The van der Waals surface area contributed by atoms with Crippen molar-refractivity contribution in [2.45, 2.75) is 6.42 Å². The summed E-state index contributed by atoms with van der Waals surface area (Å²) in [5, 5.41) is 10.5. The minimum absolute atomic E-state index is 0.175. The molecule has 1 N–H and O–H groups in total. The fourth-order valence-corrected chi connectivity index (χ4v) is 4.11. The van der Waals surface area contributed by atoms with Gasteiger partial charge in [0.05, 0.1) is 12.0 Å². The quantitative estimate of drug-likeness (QED) is 0.848. The monoisotopic (exact) mass is 393 g/mol. The number of aliphatic carboxylic acids is 1. The van der Waals surface area contributed by atoms with Crippen LogP contribution in [0.4, 0.5) is 0 Å². The molecule has 4 rings (SSSR count). The van der Waals surface area contributed by atoms with Gasteiger partial charge in [-0.2, -0.15) is 0 Å². The molecule has 1 amide bonds. The molecule has 6 nitrogen and oxygen atoms in total. The first kappa shape index (κ1) is 15.7. The molecule has 3 heterocycles. The second-order valence-electron chi connectivity index (χ2n) is 6.46. The Balaban J connectivity index is 1.63. The lowest BCUT2D eigenvalue weighted by Crippen LogP contribution is -2.45. The normalized spacial score (nSPS) is 26.5. The number of fused-ring (bicyclic) bond motifs is 2. The summed E-state index contributed by atoms with van der Waals surface area (Å²) in [6, 6.07) is 7.23. The van der Waals surface area contributed by atoms with Crippen molar-refractivity contribution in [2.75, 3.05) is 26.3 Å². The number of halogens is 1. The minimum Gasteiger partial charge on any atom is -0.481 e. The summed E-state index contributed by atoms with van der Waals surface area (Å²) in [5.74, 6) is -1.05. The van der Waals surface area contributed by atoms with Crippen molar-refractivity contribution in [3.05, 3.63) is 34.5 Å². The highest BCUT2D eigenvalue weighted by molar-refractivity contribution is 9.10. The number of hydrogen-bond donors (Lipinski definition) is 1. The largest absolute Gasteiger partial charge is 0.481 e. The molecular formula is C17H16BrNO5. The third-order valence-corrected chi connectivity index (χ3v) is 5.60. The van der Waals surface area contributed by atoms with Crippen LogP contribution in [-0.2, 0) is 9.53 Å². The van der Waals surface area contributed by atoms with Crippen LogP contribution in [0.5, 0.6) is 0 Å². The van der Waals surface area contributed by atoms with Gasteiger partial charge in [0, 0.05) is 35.5 Å². The van der Waals surface area contributed by atoms with E-state index in [0.29, 0.717) is 31.8 Å². The Morgan fingerprint density at radius 2 is 2.17 bits per heavy atom. The van der Waals surface area contributed by atoms with Crippen molar-refractivity contribution in [1.82, 2.24) is 4.90 Å². The Kier molecular flexibility index (Phi) is 3.65. The summed E-state index contributed by atoms with van der Waals surface area (Å²) < 4.78 is 12.0. The maximum absolute atomic E-state index is 12.8. The molecule has 126 valence electrons. The van der Waals surface area contributed by atoms with Gasteiger partial charge in [-0.15, -0.1) is 0 Å². The summed E-state index contributed by atoms with van der Waals surface area (Å²) in [6.07, 6.45) is 0.434. The van der Waals surface area contributed by atoms with Crippen LogP contribution in [0.1, 0.15) is 17.0 Å². The molecule has 2 saturated heterocycles. The number of amides is 1. The first-order chi connectivity index (χ1) is 11.5. The Labute approximate surface area is 146 Å². The molecule has 0 bridgehead atoms. The van der Waals surface area contributed by atoms with Gasteiger partial charge in [0.1, 0.15) is 5.58 Å². The smallest absolute Gasteiger partial charge is 0.311 e. The van der Waals surface area contributed by atoms with E-state index in [1.54, 1.807) is 17.0 Å². The van der Waals surface area contributed by atoms with Crippen LogP contribution >= 0.6 is 15.9 Å². The molecule has 0 unspecified atom stereocenters. The molecule has 7 heteroatoms. The van der Waals surface area contributed by atoms with Crippen molar-refractivity contribution < 1.29 is 23.8 Å². The van der Waals surface area contributed by atoms with Crippen LogP contribution in [0.25, 0.3) is 11.0 Å². The summed E-state index contributed by atoms with van der Waals surface area (Å²) in [6.45, 7) is 1.38. The SMILES string of the molecule is O=C(c1cc2cc(Br)ccc2o1)N1C[C@H]2COCC[C@@]2(C(=O)O)C1. The number of carboxylic acid groups (broad SMARTS) is 1. The number of carboxylic acids is 1. The summed E-state index contributed by atoms with van der Waals surface area (Å²) in [7, 11) is 0. The Bertz CT molecular complexity index is 831. The van der Waals surface area contributed by atoms with Gasteiger partial charge in [-0.3, -0.25) is 9.59 Å². The molecule has 0 radical (unpaired) electrons. The number of rotatable bonds is 2. The van der Waals surface area contributed by atoms with Gasteiger partial charge in [0.15, 0.2) is 5.76 Å². The first-order valence-corrected chi connectivity index (χ1v) is 8.58. The van der Waals surface area contributed by atoms with Crippen molar-refractivity contribution in [3.8, 4) is 0 Å². The Morgan fingerprint density at radius 1 is 1.33 bits per heavy atom. The molecule has 0 saturated carbocycles. The van der Waals surface area contributed by atoms with E-state index in [0.717, 1.165) is 9.86 Å². The zero-order chi connectivity index (χ0) is 16.9. The van der Waals surface area contributed by atoms with Gasteiger partial charge in [-0.25, -0.2) is 0 Å². The lowest BCUT2D eigenvalue weighted by atomic mass is 9.74. The molecule has 2 atom stereocenters. The van der Waals surface area contributed by atoms with E-state index in [4.69, 9.17) is 9.15 Å². The van der Waals surface area contributed by atoms with Crippen LogP contribution in [0.15, 0.2) is 33.2 Å². The van der Waals surface area contributed by atoms with Gasteiger partial charge >= 0.3 is 5.97 Å². The van der Waals surface area contributed by atoms with E-state index in [-0.39, 0.29) is 24.1 Å². The lowest BCUT2D eigenvalue weighted by Gasteiger charge is -2.33. The standard InChI is InChI=1S/C17H16BrNO5/c18-12-1-2-13-10(5-12)6-14(24-13)15(20)19-7-11-8-23-4-3-17(11,9-19)16(21)22/h1-2,5-6,11H,3-4,7-9H2,(H,21,22)/t11-,17+/m0/s1. The molecule has 0 spiro atoms. The minimum atomic E-state index is -0.900. The zero-order valence-electron chi connectivity index (χ0n) is 12.8. The second kappa shape index (κ2) is 5.60. The summed E-state index contributed by atoms with van der Waals surface area (Å²) in [4.78, 5) is 26.2. The number of hydrogen-bond acceptors (Lipinski definition) is 4. The fraction of sp³-hybridized carbons (Fsp3) is 0.412. The van der Waals surface area contributed by atoms with E-state index in [1.165, 1.54) is 0 Å².